The average molecular weight is 379 g/mol. The van der Waals surface area contributed by atoms with Crippen molar-refractivity contribution in [3.05, 3.63) is 59.2 Å². The third-order valence-electron chi connectivity index (χ3n) is 4.33. The van der Waals surface area contributed by atoms with E-state index in [4.69, 9.17) is 0 Å². The van der Waals surface area contributed by atoms with E-state index in [1.54, 1.807) is 36.4 Å². The molecule has 7 heteroatoms. The number of fused-ring (bicyclic) bond motifs is 1. The van der Waals surface area contributed by atoms with E-state index in [0.29, 0.717) is 29.0 Å². The first-order valence-electron chi connectivity index (χ1n) is 8.95. The van der Waals surface area contributed by atoms with Crippen molar-refractivity contribution in [1.82, 2.24) is 4.90 Å². The maximum Gasteiger partial charge on any atom is 0.323 e. The maximum atomic E-state index is 12.5. The van der Waals surface area contributed by atoms with Crippen molar-refractivity contribution < 1.29 is 19.2 Å². The molecule has 1 aliphatic rings. The number of rotatable bonds is 5. The molecule has 0 saturated heterocycles. The molecule has 7 nitrogen and oxygen atoms in total. The normalized spacial score (nSPS) is 12.9. The Balaban J connectivity index is 1.70. The molecule has 0 aromatic heterocycles. The van der Waals surface area contributed by atoms with Crippen LogP contribution in [0.2, 0.25) is 0 Å². The maximum absolute atomic E-state index is 12.5. The molecular formula is C21H21N3O4. The van der Waals surface area contributed by atoms with Crippen LogP contribution in [0.5, 0.6) is 0 Å². The number of carbonyl (C=O) groups is 4. The summed E-state index contributed by atoms with van der Waals surface area (Å²) < 4.78 is 0. The SMILES string of the molecule is CC(=O)c1ccc(NC(=O)Nc2ccc3c(c2)C(=O)N(CC(C)C)C3=O)cc1. The molecule has 144 valence electrons. The van der Waals surface area contributed by atoms with E-state index in [-0.39, 0.29) is 29.1 Å². The molecule has 2 aromatic carbocycles. The summed E-state index contributed by atoms with van der Waals surface area (Å²) >= 11 is 0. The first-order valence-corrected chi connectivity index (χ1v) is 8.95. The highest BCUT2D eigenvalue weighted by Crippen LogP contribution is 2.26. The first-order chi connectivity index (χ1) is 13.3. The molecule has 0 aliphatic carbocycles. The number of carbonyl (C=O) groups excluding carboxylic acids is 4. The van der Waals surface area contributed by atoms with Crippen LogP contribution in [0.3, 0.4) is 0 Å². The highest BCUT2D eigenvalue weighted by Gasteiger charge is 2.35. The monoisotopic (exact) mass is 379 g/mol. The number of benzene rings is 2. The van der Waals surface area contributed by atoms with Crippen LogP contribution < -0.4 is 10.6 Å². The summed E-state index contributed by atoms with van der Waals surface area (Å²) in [6.45, 7) is 5.69. The molecule has 0 unspecified atom stereocenters. The second-order valence-electron chi connectivity index (χ2n) is 7.09. The molecule has 0 radical (unpaired) electrons. The minimum absolute atomic E-state index is 0.0557. The van der Waals surface area contributed by atoms with E-state index in [0.717, 1.165) is 0 Å². The quantitative estimate of drug-likeness (QED) is 0.610. The van der Waals surface area contributed by atoms with Crippen LogP contribution in [0.15, 0.2) is 42.5 Å². The standard InChI is InChI=1S/C21H21N3O4/c1-12(2)11-24-19(26)17-9-8-16(10-18(17)20(24)27)23-21(28)22-15-6-4-14(5-7-15)13(3)25/h4-10,12H,11H2,1-3H3,(H2,22,23,28). The van der Waals surface area contributed by atoms with Gasteiger partial charge in [-0.05, 0) is 55.3 Å². The molecule has 28 heavy (non-hydrogen) atoms. The lowest BCUT2D eigenvalue weighted by Crippen LogP contribution is -2.33. The van der Waals surface area contributed by atoms with Crippen LogP contribution in [0.25, 0.3) is 0 Å². The molecule has 2 N–H and O–H groups in total. The average Bonchev–Trinajstić information content (AvgIpc) is 2.86. The molecule has 0 saturated carbocycles. The van der Waals surface area contributed by atoms with Crippen molar-refractivity contribution in [2.24, 2.45) is 5.92 Å². The second-order valence-corrected chi connectivity index (χ2v) is 7.09. The number of ketones is 1. The summed E-state index contributed by atoms with van der Waals surface area (Å²) in [5.41, 5.74) is 2.12. The van der Waals surface area contributed by atoms with E-state index >= 15 is 0 Å². The van der Waals surface area contributed by atoms with Crippen molar-refractivity contribution in [2.75, 3.05) is 17.2 Å². The second kappa shape index (κ2) is 7.64. The van der Waals surface area contributed by atoms with Crippen molar-refractivity contribution in [3.8, 4) is 0 Å². The van der Waals surface area contributed by atoms with Crippen LogP contribution in [0.1, 0.15) is 51.8 Å². The molecule has 4 amide bonds. The molecule has 1 heterocycles. The summed E-state index contributed by atoms with van der Waals surface area (Å²) in [7, 11) is 0. The molecule has 0 bridgehead atoms. The zero-order valence-corrected chi connectivity index (χ0v) is 15.9. The predicted octanol–water partition coefficient (Wildman–Crippen LogP) is 3.79. The summed E-state index contributed by atoms with van der Waals surface area (Å²) in [6, 6.07) is 10.7. The number of amides is 4. The molecule has 0 spiro atoms. The Bertz CT molecular complexity index is 964. The van der Waals surface area contributed by atoms with Gasteiger partial charge in [-0.1, -0.05) is 13.8 Å². The van der Waals surface area contributed by atoms with Crippen LogP contribution >= 0.6 is 0 Å². The summed E-state index contributed by atoms with van der Waals surface area (Å²) in [4.78, 5) is 49.6. The Hall–Kier alpha value is -3.48. The van der Waals surface area contributed by atoms with Crippen LogP contribution in [-0.4, -0.2) is 35.1 Å². The fraction of sp³-hybridized carbons (Fsp3) is 0.238. The topological polar surface area (TPSA) is 95.6 Å². The minimum atomic E-state index is -0.494. The third-order valence-corrected chi connectivity index (χ3v) is 4.33. The predicted molar refractivity (Wildman–Crippen MR) is 106 cm³/mol. The lowest BCUT2D eigenvalue weighted by Gasteiger charge is -2.15. The minimum Gasteiger partial charge on any atom is -0.308 e. The number of hydrogen-bond acceptors (Lipinski definition) is 4. The lowest BCUT2D eigenvalue weighted by molar-refractivity contribution is 0.0636. The van der Waals surface area contributed by atoms with Gasteiger partial charge in [-0.25, -0.2) is 4.79 Å². The van der Waals surface area contributed by atoms with Gasteiger partial charge in [0, 0.05) is 23.5 Å². The van der Waals surface area contributed by atoms with E-state index in [1.807, 2.05) is 13.8 Å². The summed E-state index contributed by atoms with van der Waals surface area (Å²) in [5, 5.41) is 5.30. The Morgan fingerprint density at radius 1 is 0.893 bits per heavy atom. The summed E-state index contributed by atoms with van der Waals surface area (Å²) in [5.74, 6) is -0.548. The first kappa shape index (κ1) is 19.3. The van der Waals surface area contributed by atoms with Crippen LogP contribution in [0.4, 0.5) is 16.2 Å². The van der Waals surface area contributed by atoms with Crippen molar-refractivity contribution >= 4 is 35.0 Å². The van der Waals surface area contributed by atoms with Gasteiger partial charge in [0.25, 0.3) is 11.8 Å². The zero-order valence-electron chi connectivity index (χ0n) is 15.9. The van der Waals surface area contributed by atoms with E-state index in [1.165, 1.54) is 17.9 Å². The largest absolute Gasteiger partial charge is 0.323 e. The number of anilines is 2. The van der Waals surface area contributed by atoms with Gasteiger partial charge in [0.2, 0.25) is 0 Å². The molecule has 2 aromatic rings. The molecular weight excluding hydrogens is 358 g/mol. The van der Waals surface area contributed by atoms with E-state index < -0.39 is 6.03 Å². The molecule has 0 atom stereocenters. The molecule has 0 fully saturated rings. The smallest absolute Gasteiger partial charge is 0.308 e. The van der Waals surface area contributed by atoms with Crippen LogP contribution in [0, 0.1) is 5.92 Å². The highest BCUT2D eigenvalue weighted by molar-refractivity contribution is 6.22. The summed E-state index contributed by atoms with van der Waals surface area (Å²) in [6.07, 6.45) is 0. The molecule has 1 aliphatic heterocycles. The van der Waals surface area contributed by atoms with Gasteiger partial charge in [0.15, 0.2) is 5.78 Å². The van der Waals surface area contributed by atoms with Gasteiger partial charge in [-0.3, -0.25) is 19.3 Å². The zero-order chi connectivity index (χ0) is 20.4. The van der Waals surface area contributed by atoms with Crippen LogP contribution in [-0.2, 0) is 0 Å². The molecule has 3 rings (SSSR count). The third kappa shape index (κ3) is 3.93. The van der Waals surface area contributed by atoms with Crippen molar-refractivity contribution in [2.45, 2.75) is 20.8 Å². The van der Waals surface area contributed by atoms with Gasteiger partial charge in [0.1, 0.15) is 0 Å². The van der Waals surface area contributed by atoms with E-state index in [2.05, 4.69) is 10.6 Å². The number of hydrogen-bond donors (Lipinski definition) is 2. The lowest BCUT2D eigenvalue weighted by atomic mass is 10.1. The number of urea groups is 1. The van der Waals surface area contributed by atoms with Gasteiger partial charge in [-0.2, -0.15) is 0 Å². The van der Waals surface area contributed by atoms with Crippen molar-refractivity contribution in [3.63, 3.8) is 0 Å². The number of imide groups is 1. The Labute approximate surface area is 162 Å². The van der Waals surface area contributed by atoms with Gasteiger partial charge >= 0.3 is 6.03 Å². The number of nitrogens with one attached hydrogen (secondary N) is 2. The fourth-order valence-electron chi connectivity index (χ4n) is 2.98. The van der Waals surface area contributed by atoms with E-state index in [9.17, 15) is 19.2 Å². The van der Waals surface area contributed by atoms with Gasteiger partial charge in [-0.15, -0.1) is 0 Å². The highest BCUT2D eigenvalue weighted by atomic mass is 16.2. The fourth-order valence-corrected chi connectivity index (χ4v) is 2.98. The Morgan fingerprint density at radius 2 is 1.46 bits per heavy atom. The Morgan fingerprint density at radius 3 is 2.07 bits per heavy atom. The number of nitrogens with zero attached hydrogens (tertiary/aromatic N) is 1. The van der Waals surface area contributed by atoms with Crippen molar-refractivity contribution in [1.29, 1.82) is 0 Å². The van der Waals surface area contributed by atoms with Gasteiger partial charge < -0.3 is 10.6 Å². The Kier molecular flexibility index (Phi) is 5.26. The van der Waals surface area contributed by atoms with Gasteiger partial charge in [0.05, 0.1) is 11.1 Å². The number of Topliss-reactive ketones (excluding diaryl/α,β-unsaturated/α-hetero) is 1.